The second kappa shape index (κ2) is 13.9. The summed E-state index contributed by atoms with van der Waals surface area (Å²) in [6, 6.07) is 9.53. The van der Waals surface area contributed by atoms with E-state index in [9.17, 15) is 35.2 Å². The highest BCUT2D eigenvalue weighted by Gasteiger charge is 2.68. The summed E-state index contributed by atoms with van der Waals surface area (Å²) < 4.78 is 130. The van der Waals surface area contributed by atoms with Gasteiger partial charge in [-0.05, 0) is 74.7 Å². The summed E-state index contributed by atoms with van der Waals surface area (Å²) in [5.41, 5.74) is -1.54. The van der Waals surface area contributed by atoms with E-state index >= 15 is 8.78 Å². The molecule has 2 aliphatic carbocycles. The number of nitrogens with zero attached hydrogens (tertiary/aromatic N) is 6. The van der Waals surface area contributed by atoms with Gasteiger partial charge >= 0.3 is 6.18 Å². The van der Waals surface area contributed by atoms with E-state index in [1.807, 2.05) is 0 Å². The van der Waals surface area contributed by atoms with Crippen LogP contribution < -0.4 is 10.0 Å². The largest absolute Gasteiger partial charge is 0.435 e. The zero-order chi connectivity index (χ0) is 40.5. The standard InChI is InChI=1S/C37H33F7N8O3S/c1-50(2)12-6-7-22-10-11-23(24-8-5-9-25-32(24)51(3)48-35(25)49-56(4,54)55)31(45-22)28(15-19-13-20(38)16-21(39)14-19)46-29(53)18-52-34-30(33(47-52)37(42,43)44)26-17-27(26)36(34,40)41/h5,8-11,13-14,16,26-28H,12,15,17-18H2,1-4H3,(H,46,53)(H,48,49)/t26-,27?,28-/m0/s1. The van der Waals surface area contributed by atoms with Crippen LogP contribution in [0.3, 0.4) is 0 Å². The van der Waals surface area contributed by atoms with Crippen molar-refractivity contribution in [1.82, 2.24) is 34.8 Å². The van der Waals surface area contributed by atoms with Crippen LogP contribution in [0.1, 0.15) is 52.3 Å². The molecule has 0 bridgehead atoms. The molecule has 3 atom stereocenters. The number of anilines is 1. The zero-order valence-corrected chi connectivity index (χ0v) is 31.0. The molecule has 0 aliphatic heterocycles. The number of carbonyl (C=O) groups excluding carboxylic acids is 1. The minimum atomic E-state index is -5.06. The Hall–Kier alpha value is -5.48. The minimum absolute atomic E-state index is 0.0204. The number of halogens is 7. The Morgan fingerprint density at radius 1 is 1.07 bits per heavy atom. The van der Waals surface area contributed by atoms with Crippen LogP contribution in [0.15, 0.2) is 48.5 Å². The average Bonchev–Trinajstić information content (AvgIpc) is 3.63. The summed E-state index contributed by atoms with van der Waals surface area (Å²) in [5.74, 6) is -3.01. The highest BCUT2D eigenvalue weighted by Crippen LogP contribution is 2.68. The van der Waals surface area contributed by atoms with Gasteiger partial charge in [-0.1, -0.05) is 18.1 Å². The zero-order valence-electron chi connectivity index (χ0n) is 30.1. The van der Waals surface area contributed by atoms with Gasteiger partial charge in [-0.3, -0.25) is 23.8 Å². The first-order chi connectivity index (χ1) is 26.2. The van der Waals surface area contributed by atoms with E-state index in [0.29, 0.717) is 39.3 Å². The maximum absolute atomic E-state index is 15.4. The van der Waals surface area contributed by atoms with Crippen LogP contribution in [0.5, 0.6) is 0 Å². The SMILES string of the molecule is CN(C)CC#Cc1ccc(-c2cccc3c(NS(C)(=O)=O)nn(C)c23)c([C@H](Cc2cc(F)cc(F)c2)NC(=O)Cn2nc(C(F)(F)F)c3c2C(F)(F)C2C[C@H]32)n1. The van der Waals surface area contributed by atoms with Gasteiger partial charge in [0.15, 0.2) is 11.5 Å². The fourth-order valence-corrected chi connectivity index (χ4v) is 7.78. The van der Waals surface area contributed by atoms with Crippen molar-refractivity contribution in [2.45, 2.75) is 43.4 Å². The molecule has 2 aliphatic rings. The number of aryl methyl sites for hydroxylation is 1. The number of alkyl halides is 5. The molecule has 1 saturated carbocycles. The maximum atomic E-state index is 15.4. The average molecular weight is 803 g/mol. The first kappa shape index (κ1) is 38.8. The molecule has 1 amide bonds. The summed E-state index contributed by atoms with van der Waals surface area (Å²) in [6.07, 6.45) is -4.56. The normalized spacial score (nSPS) is 17.6. The van der Waals surface area contributed by atoms with Gasteiger partial charge in [0, 0.05) is 41.1 Å². The van der Waals surface area contributed by atoms with Crippen molar-refractivity contribution in [2.24, 2.45) is 13.0 Å². The number of rotatable bonds is 10. The lowest BCUT2D eigenvalue weighted by Gasteiger charge is -2.23. The van der Waals surface area contributed by atoms with Crippen molar-refractivity contribution < 1.29 is 43.9 Å². The van der Waals surface area contributed by atoms with E-state index in [-0.39, 0.29) is 35.6 Å². The van der Waals surface area contributed by atoms with Crippen molar-refractivity contribution in [2.75, 3.05) is 31.6 Å². The van der Waals surface area contributed by atoms with Gasteiger partial charge in [0.1, 0.15) is 29.6 Å². The number of sulfonamides is 1. The van der Waals surface area contributed by atoms with Crippen molar-refractivity contribution in [3.05, 3.63) is 94.1 Å². The maximum Gasteiger partial charge on any atom is 0.435 e. The third-order valence-electron chi connectivity index (χ3n) is 9.49. The topological polar surface area (TPSA) is 127 Å². The van der Waals surface area contributed by atoms with Gasteiger partial charge in [0.05, 0.1) is 30.1 Å². The predicted octanol–water partition coefficient (Wildman–Crippen LogP) is 5.72. The number of carbonyl (C=O) groups is 1. The highest BCUT2D eigenvalue weighted by atomic mass is 32.2. The van der Waals surface area contributed by atoms with Crippen LogP contribution >= 0.6 is 0 Å². The number of aromatic nitrogens is 5. The molecular weight excluding hydrogens is 770 g/mol. The number of nitrogens with one attached hydrogen (secondary N) is 2. The number of hydrogen-bond acceptors (Lipinski definition) is 7. The number of amides is 1. The number of fused-ring (bicyclic) bond motifs is 4. The smallest absolute Gasteiger partial charge is 0.346 e. The molecule has 0 radical (unpaired) electrons. The molecule has 11 nitrogen and oxygen atoms in total. The summed E-state index contributed by atoms with van der Waals surface area (Å²) in [7, 11) is 1.41. The number of pyridine rings is 1. The molecule has 294 valence electrons. The second-order valence-electron chi connectivity index (χ2n) is 14.2. The Morgan fingerprint density at radius 2 is 1.79 bits per heavy atom. The Kier molecular flexibility index (Phi) is 9.64. The lowest BCUT2D eigenvalue weighted by molar-refractivity contribution is -0.142. The van der Waals surface area contributed by atoms with Gasteiger partial charge in [-0.2, -0.15) is 32.1 Å². The van der Waals surface area contributed by atoms with Crippen LogP contribution in [0.25, 0.3) is 22.0 Å². The lowest BCUT2D eigenvalue weighted by Crippen LogP contribution is -2.35. The molecule has 7 rings (SSSR count). The summed E-state index contributed by atoms with van der Waals surface area (Å²) in [6.45, 7) is -0.705. The molecule has 19 heteroatoms. The van der Waals surface area contributed by atoms with Crippen LogP contribution in [0, 0.1) is 29.4 Å². The molecule has 3 heterocycles. The van der Waals surface area contributed by atoms with E-state index in [0.717, 1.165) is 18.4 Å². The molecule has 56 heavy (non-hydrogen) atoms. The molecule has 3 aromatic heterocycles. The molecule has 5 aromatic rings. The summed E-state index contributed by atoms with van der Waals surface area (Å²) in [5, 5.41) is 10.8. The molecule has 1 unspecified atom stereocenters. The first-order valence-electron chi connectivity index (χ1n) is 17.1. The fraction of sp³-hybridized carbons (Fsp3) is 0.351. The van der Waals surface area contributed by atoms with E-state index in [1.54, 1.807) is 56.4 Å². The molecule has 0 spiro atoms. The van der Waals surface area contributed by atoms with E-state index in [4.69, 9.17) is 4.98 Å². The predicted molar refractivity (Wildman–Crippen MR) is 191 cm³/mol. The number of para-hydroxylation sites is 1. The number of benzene rings is 2. The van der Waals surface area contributed by atoms with Crippen molar-refractivity contribution in [1.29, 1.82) is 0 Å². The van der Waals surface area contributed by atoms with Gasteiger partial charge in [0.25, 0.3) is 5.92 Å². The third kappa shape index (κ3) is 7.54. The molecule has 0 saturated heterocycles. The minimum Gasteiger partial charge on any atom is -0.346 e. The monoisotopic (exact) mass is 802 g/mol. The Morgan fingerprint density at radius 3 is 2.45 bits per heavy atom. The van der Waals surface area contributed by atoms with E-state index in [2.05, 4.69) is 32.1 Å². The van der Waals surface area contributed by atoms with Crippen LogP contribution in [-0.2, 0) is 46.9 Å². The molecule has 2 N–H and O–H groups in total. The van der Waals surface area contributed by atoms with Crippen molar-refractivity contribution in [3.63, 3.8) is 0 Å². The second-order valence-corrected chi connectivity index (χ2v) is 15.9. The van der Waals surface area contributed by atoms with Crippen molar-refractivity contribution in [3.8, 4) is 23.0 Å². The van der Waals surface area contributed by atoms with E-state index in [1.165, 1.54) is 4.68 Å². The van der Waals surface area contributed by atoms with Gasteiger partial charge in [-0.25, -0.2) is 22.2 Å². The Balaban J connectivity index is 1.36. The van der Waals surface area contributed by atoms with Crippen molar-refractivity contribution >= 4 is 32.7 Å². The lowest BCUT2D eigenvalue weighted by atomic mass is 9.93. The fourth-order valence-electron chi connectivity index (χ4n) is 7.28. The Labute approximate surface area is 315 Å². The van der Waals surface area contributed by atoms with Crippen LogP contribution in [0.4, 0.5) is 36.6 Å². The highest BCUT2D eigenvalue weighted by molar-refractivity contribution is 7.92. The summed E-state index contributed by atoms with van der Waals surface area (Å²) in [4.78, 5) is 20.4. The first-order valence-corrected chi connectivity index (χ1v) is 19.0. The quantitative estimate of drug-likeness (QED) is 0.137. The van der Waals surface area contributed by atoms with Gasteiger partial charge < -0.3 is 5.32 Å². The van der Waals surface area contributed by atoms with Gasteiger partial charge in [-0.15, -0.1) is 0 Å². The Bertz CT molecular complexity index is 2550. The van der Waals surface area contributed by atoms with E-state index < -0.39 is 81.0 Å². The molecule has 2 aromatic carbocycles. The third-order valence-corrected chi connectivity index (χ3v) is 10.1. The van der Waals surface area contributed by atoms with Gasteiger partial charge in [0.2, 0.25) is 15.9 Å². The van der Waals surface area contributed by atoms with Crippen LogP contribution in [-0.4, -0.2) is 70.7 Å². The molecular formula is C37H33F7N8O3S. The number of hydrogen-bond donors (Lipinski definition) is 2. The van der Waals surface area contributed by atoms with Crippen LogP contribution in [0.2, 0.25) is 0 Å². The molecule has 1 fully saturated rings. The summed E-state index contributed by atoms with van der Waals surface area (Å²) >= 11 is 0.